The summed E-state index contributed by atoms with van der Waals surface area (Å²) in [6.45, 7) is 0.336. The lowest BCUT2D eigenvalue weighted by Gasteiger charge is -2.22. The predicted molar refractivity (Wildman–Crippen MR) is 89.4 cm³/mol. The van der Waals surface area contributed by atoms with Crippen LogP contribution in [0.2, 0.25) is 0 Å². The van der Waals surface area contributed by atoms with Crippen LogP contribution in [0.4, 0.5) is 16.2 Å². The fourth-order valence-electron chi connectivity index (χ4n) is 2.15. The number of carbonyl (C=O) groups is 1. The van der Waals surface area contributed by atoms with E-state index in [1.165, 1.54) is 4.90 Å². The summed E-state index contributed by atoms with van der Waals surface area (Å²) in [7, 11) is 5.55. The Morgan fingerprint density at radius 1 is 1.05 bits per heavy atom. The number of rotatable bonds is 4. The van der Waals surface area contributed by atoms with E-state index in [2.05, 4.69) is 5.32 Å². The predicted octanol–water partition coefficient (Wildman–Crippen LogP) is 3.12. The van der Waals surface area contributed by atoms with Gasteiger partial charge in [-0.25, -0.2) is 4.79 Å². The van der Waals surface area contributed by atoms with E-state index in [0.717, 1.165) is 11.4 Å². The molecule has 0 atom stereocenters. The number of nitrogens with zero attached hydrogens (tertiary/aromatic N) is 2. The molecular weight excluding hydrogens is 278 g/mol. The second-order valence-corrected chi connectivity index (χ2v) is 5.33. The van der Waals surface area contributed by atoms with Crippen LogP contribution in [0, 0.1) is 0 Å². The number of phenolic OH excluding ortho intramolecular Hbond substituents is 1. The Balaban J connectivity index is 2.08. The number of nitrogens with one attached hydrogen (secondary N) is 1. The van der Waals surface area contributed by atoms with Crippen LogP contribution in [-0.2, 0) is 6.54 Å². The molecule has 2 rings (SSSR count). The van der Waals surface area contributed by atoms with Crippen LogP contribution >= 0.6 is 0 Å². The van der Waals surface area contributed by atoms with Crippen molar-refractivity contribution in [3.8, 4) is 5.75 Å². The third-order valence-corrected chi connectivity index (χ3v) is 3.37. The average molecular weight is 299 g/mol. The quantitative estimate of drug-likeness (QED) is 0.912. The molecule has 2 N–H and O–H groups in total. The highest BCUT2D eigenvalue weighted by Gasteiger charge is 2.13. The first kappa shape index (κ1) is 15.7. The second kappa shape index (κ2) is 6.85. The average Bonchev–Trinajstić information content (AvgIpc) is 2.49. The van der Waals surface area contributed by atoms with Gasteiger partial charge >= 0.3 is 6.03 Å². The summed E-state index contributed by atoms with van der Waals surface area (Å²) in [5.74, 6) is 0.191. The van der Waals surface area contributed by atoms with Gasteiger partial charge in [0.05, 0.1) is 17.9 Å². The molecule has 116 valence electrons. The summed E-state index contributed by atoms with van der Waals surface area (Å²) in [5, 5.41) is 12.7. The molecule has 2 aromatic carbocycles. The summed E-state index contributed by atoms with van der Waals surface area (Å²) in [5.41, 5.74) is 2.40. The SMILES string of the molecule is CN(Cc1ccccc1O)C(=O)Nc1ccccc1N(C)C. The molecule has 5 heteroatoms. The number of hydrogen-bond donors (Lipinski definition) is 2. The maximum atomic E-state index is 12.3. The van der Waals surface area contributed by atoms with Crippen LogP contribution in [0.15, 0.2) is 48.5 Å². The van der Waals surface area contributed by atoms with Gasteiger partial charge in [0.1, 0.15) is 5.75 Å². The second-order valence-electron chi connectivity index (χ2n) is 5.33. The molecule has 0 spiro atoms. The first-order chi connectivity index (χ1) is 10.5. The van der Waals surface area contributed by atoms with E-state index in [1.807, 2.05) is 49.3 Å². The van der Waals surface area contributed by atoms with Gasteiger partial charge in [0.2, 0.25) is 0 Å². The highest BCUT2D eigenvalue weighted by atomic mass is 16.3. The number of benzene rings is 2. The first-order valence-corrected chi connectivity index (χ1v) is 7.04. The van der Waals surface area contributed by atoms with Crippen molar-refractivity contribution in [2.75, 3.05) is 31.4 Å². The Hall–Kier alpha value is -2.69. The largest absolute Gasteiger partial charge is 0.508 e. The zero-order valence-corrected chi connectivity index (χ0v) is 13.1. The molecule has 0 saturated carbocycles. The molecule has 5 nitrogen and oxygen atoms in total. The van der Waals surface area contributed by atoms with Gasteiger partial charge in [-0.1, -0.05) is 30.3 Å². The molecule has 2 amide bonds. The van der Waals surface area contributed by atoms with Gasteiger partial charge in [-0.2, -0.15) is 0 Å². The molecule has 0 aliphatic carbocycles. The van der Waals surface area contributed by atoms with Crippen LogP contribution in [0.25, 0.3) is 0 Å². The van der Waals surface area contributed by atoms with Crippen LogP contribution in [0.5, 0.6) is 5.75 Å². The number of carbonyl (C=O) groups excluding carboxylic acids is 1. The van der Waals surface area contributed by atoms with E-state index in [1.54, 1.807) is 25.2 Å². The van der Waals surface area contributed by atoms with Crippen LogP contribution < -0.4 is 10.2 Å². The summed E-state index contributed by atoms with van der Waals surface area (Å²) in [6.07, 6.45) is 0. The van der Waals surface area contributed by atoms with Crippen molar-refractivity contribution in [1.82, 2.24) is 4.90 Å². The molecule has 22 heavy (non-hydrogen) atoms. The Kier molecular flexibility index (Phi) is 4.88. The highest BCUT2D eigenvalue weighted by molar-refractivity contribution is 5.93. The molecular formula is C17H21N3O2. The van der Waals surface area contributed by atoms with Crippen molar-refractivity contribution in [1.29, 1.82) is 0 Å². The number of anilines is 2. The van der Waals surface area contributed by atoms with Crippen LogP contribution in [0.3, 0.4) is 0 Å². The standard InChI is InChI=1S/C17H21N3O2/c1-19(2)15-10-6-5-9-14(15)18-17(22)20(3)12-13-8-4-7-11-16(13)21/h4-11,21H,12H2,1-3H3,(H,18,22). The number of amides is 2. The van der Waals surface area contributed by atoms with Crippen molar-refractivity contribution in [3.63, 3.8) is 0 Å². The highest BCUT2D eigenvalue weighted by Crippen LogP contribution is 2.24. The third kappa shape index (κ3) is 3.69. The van der Waals surface area contributed by atoms with Gasteiger partial charge in [-0.3, -0.25) is 0 Å². The lowest BCUT2D eigenvalue weighted by atomic mass is 10.2. The third-order valence-electron chi connectivity index (χ3n) is 3.37. The Bertz CT molecular complexity index is 656. The van der Waals surface area contributed by atoms with Crippen molar-refractivity contribution < 1.29 is 9.90 Å². The maximum Gasteiger partial charge on any atom is 0.321 e. The summed E-state index contributed by atoms with van der Waals surface area (Å²) in [4.78, 5) is 15.8. The van der Waals surface area contributed by atoms with Gasteiger partial charge < -0.3 is 20.2 Å². The van der Waals surface area contributed by atoms with Gasteiger partial charge in [0.15, 0.2) is 0 Å². The molecule has 0 heterocycles. The van der Waals surface area contributed by atoms with Crippen molar-refractivity contribution in [2.24, 2.45) is 0 Å². The molecule has 0 radical (unpaired) electrons. The van der Waals surface area contributed by atoms with Gasteiger partial charge in [-0.05, 0) is 18.2 Å². The Labute approximate surface area is 130 Å². The first-order valence-electron chi connectivity index (χ1n) is 7.04. The van der Waals surface area contributed by atoms with Gasteiger partial charge in [0, 0.05) is 26.7 Å². The number of phenols is 1. The monoisotopic (exact) mass is 299 g/mol. The van der Waals surface area contributed by atoms with Crippen LogP contribution in [0.1, 0.15) is 5.56 Å². The van der Waals surface area contributed by atoms with E-state index in [4.69, 9.17) is 0 Å². The number of urea groups is 1. The molecule has 0 aliphatic heterocycles. The maximum absolute atomic E-state index is 12.3. The van der Waals surface area contributed by atoms with E-state index in [-0.39, 0.29) is 11.8 Å². The smallest absolute Gasteiger partial charge is 0.321 e. The fourth-order valence-corrected chi connectivity index (χ4v) is 2.15. The zero-order chi connectivity index (χ0) is 16.1. The van der Waals surface area contributed by atoms with Crippen molar-refractivity contribution in [2.45, 2.75) is 6.54 Å². The molecule has 0 aromatic heterocycles. The number of hydrogen-bond acceptors (Lipinski definition) is 3. The van der Waals surface area contributed by atoms with E-state index in [0.29, 0.717) is 12.1 Å². The summed E-state index contributed by atoms with van der Waals surface area (Å²) < 4.78 is 0. The molecule has 0 aliphatic rings. The minimum Gasteiger partial charge on any atom is -0.508 e. The lowest BCUT2D eigenvalue weighted by molar-refractivity contribution is 0.220. The number of para-hydroxylation sites is 3. The summed E-state index contributed by atoms with van der Waals surface area (Å²) in [6, 6.07) is 14.4. The molecule has 0 unspecified atom stereocenters. The topological polar surface area (TPSA) is 55.8 Å². The van der Waals surface area contributed by atoms with E-state index >= 15 is 0 Å². The lowest BCUT2D eigenvalue weighted by Crippen LogP contribution is -2.31. The minimum absolute atomic E-state index is 0.191. The number of aromatic hydroxyl groups is 1. The molecule has 0 bridgehead atoms. The van der Waals surface area contributed by atoms with Crippen molar-refractivity contribution >= 4 is 17.4 Å². The molecule has 2 aromatic rings. The van der Waals surface area contributed by atoms with Gasteiger partial charge in [-0.15, -0.1) is 0 Å². The Morgan fingerprint density at radius 2 is 1.68 bits per heavy atom. The normalized spacial score (nSPS) is 10.1. The minimum atomic E-state index is -0.224. The zero-order valence-electron chi connectivity index (χ0n) is 13.1. The van der Waals surface area contributed by atoms with Gasteiger partial charge in [0.25, 0.3) is 0 Å². The van der Waals surface area contributed by atoms with E-state index < -0.39 is 0 Å². The molecule has 0 saturated heterocycles. The fraction of sp³-hybridized carbons (Fsp3) is 0.235. The van der Waals surface area contributed by atoms with E-state index in [9.17, 15) is 9.90 Å². The Morgan fingerprint density at radius 3 is 2.36 bits per heavy atom. The summed E-state index contributed by atoms with van der Waals surface area (Å²) >= 11 is 0. The molecule has 0 fully saturated rings. The van der Waals surface area contributed by atoms with Crippen molar-refractivity contribution in [3.05, 3.63) is 54.1 Å². The van der Waals surface area contributed by atoms with Crippen LogP contribution in [-0.4, -0.2) is 37.2 Å².